The molecule has 0 unspecified atom stereocenters. The average molecular weight is 545 g/mol. The number of hydrogen-bond donors (Lipinski definition) is 1. The van der Waals surface area contributed by atoms with E-state index in [1.807, 2.05) is 32.9 Å². The smallest absolute Gasteiger partial charge is 0.434 e. The molecule has 0 aromatic carbocycles. The van der Waals surface area contributed by atoms with Crippen LogP contribution in [0, 0.1) is 0 Å². The highest BCUT2D eigenvalue weighted by Crippen LogP contribution is 2.32. The van der Waals surface area contributed by atoms with Gasteiger partial charge >= 0.3 is 12.3 Å². The molecule has 39 heavy (non-hydrogen) atoms. The lowest BCUT2D eigenvalue weighted by Gasteiger charge is -2.40. The molecule has 14 heteroatoms. The molecule has 1 atom stereocenters. The zero-order valence-electron chi connectivity index (χ0n) is 21.7. The van der Waals surface area contributed by atoms with E-state index >= 15 is 0 Å². The molecule has 0 bridgehead atoms. The Morgan fingerprint density at radius 2 is 1.92 bits per heavy atom. The van der Waals surface area contributed by atoms with Crippen LogP contribution in [0.25, 0.3) is 16.8 Å². The lowest BCUT2D eigenvalue weighted by molar-refractivity contribution is -0.141. The van der Waals surface area contributed by atoms with Crippen molar-refractivity contribution in [2.75, 3.05) is 18.5 Å². The summed E-state index contributed by atoms with van der Waals surface area (Å²) in [6.07, 6.45) is 0.945. The third-order valence-corrected chi connectivity index (χ3v) is 6.04. The van der Waals surface area contributed by atoms with Crippen LogP contribution < -0.4 is 10.1 Å². The van der Waals surface area contributed by atoms with Crippen molar-refractivity contribution in [3.05, 3.63) is 48.7 Å². The average Bonchev–Trinajstić information content (AvgIpc) is 3.38. The number of anilines is 2. The SMILES string of the molecule is Cn1ncc(OC[C@H]2CCN2C(=O)OC(C)(C)C)c1-c1ccn2nc(Nc3cnc(C(F)(F)F)cn3)cc2c1. The van der Waals surface area contributed by atoms with Gasteiger partial charge in [-0.15, -0.1) is 0 Å². The lowest BCUT2D eigenvalue weighted by Crippen LogP contribution is -2.55. The number of aromatic nitrogens is 6. The van der Waals surface area contributed by atoms with Gasteiger partial charge in [-0.2, -0.15) is 23.4 Å². The molecular weight excluding hydrogens is 517 g/mol. The number of pyridine rings is 1. The first-order chi connectivity index (χ1) is 18.4. The largest absolute Gasteiger partial charge is 0.487 e. The molecule has 1 fully saturated rings. The van der Waals surface area contributed by atoms with Gasteiger partial charge in [-0.1, -0.05) is 0 Å². The van der Waals surface area contributed by atoms with Crippen LogP contribution in [0.1, 0.15) is 32.9 Å². The Bertz CT molecular complexity index is 1490. The van der Waals surface area contributed by atoms with E-state index in [-0.39, 0.29) is 18.0 Å². The summed E-state index contributed by atoms with van der Waals surface area (Å²) in [7, 11) is 1.80. The first kappa shape index (κ1) is 26.3. The van der Waals surface area contributed by atoms with E-state index in [4.69, 9.17) is 9.47 Å². The van der Waals surface area contributed by atoms with E-state index in [9.17, 15) is 18.0 Å². The Balaban J connectivity index is 1.29. The van der Waals surface area contributed by atoms with Crippen LogP contribution >= 0.6 is 0 Å². The third kappa shape index (κ3) is 5.73. The normalized spacial score (nSPS) is 15.8. The Morgan fingerprint density at radius 1 is 1.13 bits per heavy atom. The topological polar surface area (TPSA) is 112 Å². The van der Waals surface area contributed by atoms with E-state index in [1.165, 1.54) is 0 Å². The Morgan fingerprint density at radius 3 is 2.56 bits per heavy atom. The first-order valence-electron chi connectivity index (χ1n) is 12.2. The molecular formula is C25H27F3N8O3. The van der Waals surface area contributed by atoms with Crippen molar-refractivity contribution < 1.29 is 27.4 Å². The number of alkyl halides is 3. The molecule has 5 rings (SSSR count). The number of nitrogens with zero attached hydrogens (tertiary/aromatic N) is 7. The number of halogens is 3. The third-order valence-electron chi connectivity index (χ3n) is 6.04. The molecule has 206 valence electrons. The first-order valence-corrected chi connectivity index (χ1v) is 12.2. The zero-order chi connectivity index (χ0) is 27.9. The highest BCUT2D eigenvalue weighted by atomic mass is 19.4. The number of carbonyl (C=O) groups excluding carboxylic acids is 1. The number of nitrogens with one attached hydrogen (secondary N) is 1. The summed E-state index contributed by atoms with van der Waals surface area (Å²) < 4.78 is 53.1. The maximum atomic E-state index is 12.7. The fourth-order valence-electron chi connectivity index (χ4n) is 4.09. The summed E-state index contributed by atoms with van der Waals surface area (Å²) in [5.41, 5.74) is 0.635. The minimum atomic E-state index is -4.56. The molecule has 11 nitrogen and oxygen atoms in total. The van der Waals surface area contributed by atoms with Gasteiger partial charge in [0.1, 0.15) is 23.7 Å². The van der Waals surface area contributed by atoms with Gasteiger partial charge in [0, 0.05) is 31.4 Å². The second-order valence-corrected chi connectivity index (χ2v) is 10.1. The summed E-state index contributed by atoms with van der Waals surface area (Å²) in [6, 6.07) is 5.37. The summed E-state index contributed by atoms with van der Waals surface area (Å²) in [5.74, 6) is 1.08. The molecule has 1 N–H and O–H groups in total. The van der Waals surface area contributed by atoms with Gasteiger partial charge in [0.25, 0.3) is 0 Å². The van der Waals surface area contributed by atoms with Crippen molar-refractivity contribution in [1.82, 2.24) is 34.3 Å². The van der Waals surface area contributed by atoms with Gasteiger partial charge in [0.15, 0.2) is 17.3 Å². The molecule has 4 aromatic heterocycles. The van der Waals surface area contributed by atoms with Gasteiger partial charge < -0.3 is 19.7 Å². The maximum Gasteiger partial charge on any atom is 0.434 e. The second-order valence-electron chi connectivity index (χ2n) is 10.1. The molecule has 0 aliphatic carbocycles. The van der Waals surface area contributed by atoms with Gasteiger partial charge in [0.2, 0.25) is 0 Å². The van der Waals surface area contributed by atoms with Crippen molar-refractivity contribution >= 4 is 23.2 Å². The molecule has 0 saturated carbocycles. The van der Waals surface area contributed by atoms with Crippen molar-refractivity contribution in [2.24, 2.45) is 7.05 Å². The van der Waals surface area contributed by atoms with Crippen LogP contribution in [-0.2, 0) is 18.0 Å². The van der Waals surface area contributed by atoms with Crippen LogP contribution in [0.3, 0.4) is 0 Å². The van der Waals surface area contributed by atoms with Crippen molar-refractivity contribution in [1.29, 1.82) is 0 Å². The fourth-order valence-corrected chi connectivity index (χ4v) is 4.09. The molecule has 1 aliphatic heterocycles. The van der Waals surface area contributed by atoms with E-state index in [0.717, 1.165) is 29.4 Å². The molecule has 0 spiro atoms. The van der Waals surface area contributed by atoms with E-state index in [1.54, 1.807) is 39.6 Å². The molecule has 1 aliphatic rings. The van der Waals surface area contributed by atoms with E-state index in [2.05, 4.69) is 25.5 Å². The zero-order valence-corrected chi connectivity index (χ0v) is 21.7. The van der Waals surface area contributed by atoms with Gasteiger partial charge in [-0.05, 0) is 39.3 Å². The Labute approximate surface area is 221 Å². The van der Waals surface area contributed by atoms with Gasteiger partial charge in [0.05, 0.1) is 30.1 Å². The van der Waals surface area contributed by atoms with E-state index in [0.29, 0.717) is 30.9 Å². The minimum Gasteiger partial charge on any atom is -0.487 e. The number of rotatable bonds is 6. The summed E-state index contributed by atoms with van der Waals surface area (Å²) >= 11 is 0. The summed E-state index contributed by atoms with van der Waals surface area (Å²) in [6.45, 7) is 6.41. The molecule has 1 amide bonds. The molecule has 5 heterocycles. The molecule has 0 radical (unpaired) electrons. The van der Waals surface area contributed by atoms with Gasteiger partial charge in [-0.3, -0.25) is 4.68 Å². The summed E-state index contributed by atoms with van der Waals surface area (Å²) in [4.78, 5) is 21.2. The fraction of sp³-hybridized carbons (Fsp3) is 0.400. The predicted molar refractivity (Wildman–Crippen MR) is 135 cm³/mol. The Kier molecular flexibility index (Phi) is 6.56. The second kappa shape index (κ2) is 9.75. The van der Waals surface area contributed by atoms with Crippen LogP contribution in [0.5, 0.6) is 5.75 Å². The Hall–Kier alpha value is -4.36. The number of ether oxygens (including phenoxy) is 2. The molecule has 1 saturated heterocycles. The quantitative estimate of drug-likeness (QED) is 0.373. The van der Waals surface area contributed by atoms with Crippen molar-refractivity contribution in [3.8, 4) is 17.0 Å². The van der Waals surface area contributed by atoms with Crippen LogP contribution in [-0.4, -0.2) is 65.2 Å². The summed E-state index contributed by atoms with van der Waals surface area (Å²) in [5, 5.41) is 11.6. The number of carbonyl (C=O) groups is 1. The van der Waals surface area contributed by atoms with Crippen molar-refractivity contribution in [2.45, 2.75) is 45.0 Å². The van der Waals surface area contributed by atoms with Crippen LogP contribution in [0.4, 0.5) is 29.6 Å². The minimum absolute atomic E-state index is 0.0906. The van der Waals surface area contributed by atoms with Crippen LogP contribution in [0.15, 0.2) is 43.0 Å². The highest BCUT2D eigenvalue weighted by molar-refractivity contribution is 5.73. The number of aryl methyl sites for hydroxylation is 1. The van der Waals surface area contributed by atoms with E-state index < -0.39 is 17.5 Å². The van der Waals surface area contributed by atoms with Crippen LogP contribution in [0.2, 0.25) is 0 Å². The standard InChI is InChI=1S/C25H27F3N8O3/c1-24(2,3)39-23(37)35-7-6-16(35)14-38-18-11-31-34(4)22(18)15-5-8-36-17(9-15)10-20(33-36)32-21-13-29-19(12-30-21)25(26,27)28/h5,8-13,16H,6-7,14H2,1-4H3,(H,30,32,33)/t16-/m1/s1. The molecule has 4 aromatic rings. The maximum absolute atomic E-state index is 12.7. The number of fused-ring (bicyclic) bond motifs is 1. The lowest BCUT2D eigenvalue weighted by atomic mass is 10.1. The van der Waals surface area contributed by atoms with Gasteiger partial charge in [-0.25, -0.2) is 19.3 Å². The number of likely N-dealkylation sites (tertiary alicyclic amines) is 1. The monoisotopic (exact) mass is 544 g/mol. The predicted octanol–water partition coefficient (Wildman–Crippen LogP) is 4.68. The number of hydrogen-bond acceptors (Lipinski definition) is 8. The number of amides is 1. The van der Waals surface area contributed by atoms with Crippen molar-refractivity contribution in [3.63, 3.8) is 0 Å². The highest BCUT2D eigenvalue weighted by Gasteiger charge is 2.36.